The fraction of sp³-hybridized carbons (Fsp3) is 0.684. The molecule has 0 saturated carbocycles. The molecule has 4 rings (SSSR count). The molecule has 2 fully saturated rings. The SMILES string of the molecule is Cc1cc(C)n2ncc(CN3C[C@@H](CN4CCOCC4)[C@@H](CO)C3)c2n1. The molecule has 2 aliphatic heterocycles. The summed E-state index contributed by atoms with van der Waals surface area (Å²) in [5.41, 5.74) is 4.26. The van der Waals surface area contributed by atoms with E-state index in [4.69, 9.17) is 9.72 Å². The lowest BCUT2D eigenvalue weighted by molar-refractivity contribution is 0.0264. The van der Waals surface area contributed by atoms with Crippen LogP contribution in [0.1, 0.15) is 17.0 Å². The van der Waals surface area contributed by atoms with Gasteiger partial charge in [0.2, 0.25) is 0 Å². The van der Waals surface area contributed by atoms with E-state index in [9.17, 15) is 5.11 Å². The summed E-state index contributed by atoms with van der Waals surface area (Å²) in [7, 11) is 0. The maximum atomic E-state index is 9.86. The van der Waals surface area contributed by atoms with Gasteiger partial charge in [-0.25, -0.2) is 9.50 Å². The Bertz CT molecular complexity index is 756. The Morgan fingerprint density at radius 2 is 1.92 bits per heavy atom. The third-order valence-corrected chi connectivity index (χ3v) is 5.73. The zero-order chi connectivity index (χ0) is 18.1. The third-order valence-electron chi connectivity index (χ3n) is 5.73. The molecule has 2 aromatic rings. The van der Waals surface area contributed by atoms with Crippen molar-refractivity contribution in [3.8, 4) is 0 Å². The Balaban J connectivity index is 1.45. The molecule has 4 heterocycles. The number of aryl methyl sites for hydroxylation is 2. The number of aliphatic hydroxyl groups excluding tert-OH is 1. The highest BCUT2D eigenvalue weighted by Crippen LogP contribution is 2.26. The first-order valence-corrected chi connectivity index (χ1v) is 9.58. The molecule has 0 spiro atoms. The van der Waals surface area contributed by atoms with E-state index in [-0.39, 0.29) is 6.61 Å². The maximum Gasteiger partial charge on any atom is 0.159 e. The lowest BCUT2D eigenvalue weighted by Gasteiger charge is -2.30. The molecular formula is C19H29N5O2. The molecule has 0 bridgehead atoms. The summed E-state index contributed by atoms with van der Waals surface area (Å²) in [6, 6.07) is 2.06. The van der Waals surface area contributed by atoms with Gasteiger partial charge >= 0.3 is 0 Å². The number of morpholine rings is 1. The molecule has 7 nitrogen and oxygen atoms in total. The molecule has 0 aromatic carbocycles. The minimum Gasteiger partial charge on any atom is -0.396 e. The van der Waals surface area contributed by atoms with Crippen LogP contribution in [0.5, 0.6) is 0 Å². The number of likely N-dealkylation sites (tertiary alicyclic amines) is 1. The highest BCUT2D eigenvalue weighted by Gasteiger charge is 2.34. The molecule has 26 heavy (non-hydrogen) atoms. The Morgan fingerprint density at radius 3 is 2.69 bits per heavy atom. The van der Waals surface area contributed by atoms with Crippen LogP contribution < -0.4 is 0 Å². The van der Waals surface area contributed by atoms with Crippen molar-refractivity contribution >= 4 is 5.65 Å². The Hall–Kier alpha value is -1.54. The van der Waals surface area contributed by atoms with E-state index >= 15 is 0 Å². The molecule has 2 saturated heterocycles. The zero-order valence-electron chi connectivity index (χ0n) is 15.8. The minimum absolute atomic E-state index is 0.261. The number of fused-ring (bicyclic) bond motifs is 1. The largest absolute Gasteiger partial charge is 0.396 e. The summed E-state index contributed by atoms with van der Waals surface area (Å²) in [5, 5.41) is 14.4. The zero-order valence-corrected chi connectivity index (χ0v) is 15.8. The number of rotatable bonds is 5. The molecule has 0 aliphatic carbocycles. The van der Waals surface area contributed by atoms with Gasteiger partial charge in [0.05, 0.1) is 19.4 Å². The summed E-state index contributed by atoms with van der Waals surface area (Å²) in [6.07, 6.45) is 1.94. The number of hydrogen-bond donors (Lipinski definition) is 1. The minimum atomic E-state index is 0.261. The predicted octanol–water partition coefficient (Wildman–Crippen LogP) is 0.719. The number of aromatic nitrogens is 3. The monoisotopic (exact) mass is 359 g/mol. The molecule has 0 unspecified atom stereocenters. The second kappa shape index (κ2) is 7.60. The summed E-state index contributed by atoms with van der Waals surface area (Å²) < 4.78 is 7.37. The van der Waals surface area contributed by atoms with Crippen molar-refractivity contribution in [2.24, 2.45) is 11.8 Å². The molecule has 0 amide bonds. The van der Waals surface area contributed by atoms with Crippen LogP contribution in [0.2, 0.25) is 0 Å². The van der Waals surface area contributed by atoms with Gasteiger partial charge in [0.15, 0.2) is 5.65 Å². The normalized spacial score (nSPS) is 25.3. The van der Waals surface area contributed by atoms with Crippen molar-refractivity contribution in [1.82, 2.24) is 24.4 Å². The molecule has 7 heteroatoms. The second-order valence-corrected chi connectivity index (χ2v) is 7.75. The second-order valence-electron chi connectivity index (χ2n) is 7.75. The first-order chi connectivity index (χ1) is 12.6. The van der Waals surface area contributed by atoms with Gasteiger partial charge in [0, 0.05) is 62.8 Å². The lowest BCUT2D eigenvalue weighted by Crippen LogP contribution is -2.41. The quantitative estimate of drug-likeness (QED) is 0.849. The fourth-order valence-corrected chi connectivity index (χ4v) is 4.36. The molecule has 142 valence electrons. The van der Waals surface area contributed by atoms with Crippen molar-refractivity contribution in [2.75, 3.05) is 52.5 Å². The number of ether oxygens (including phenoxy) is 1. The van der Waals surface area contributed by atoms with Crippen LogP contribution in [0.15, 0.2) is 12.3 Å². The first kappa shape index (κ1) is 17.9. The van der Waals surface area contributed by atoms with Gasteiger partial charge in [-0.1, -0.05) is 0 Å². The van der Waals surface area contributed by atoms with Gasteiger partial charge in [-0.2, -0.15) is 5.10 Å². The van der Waals surface area contributed by atoms with Crippen LogP contribution in [0.25, 0.3) is 5.65 Å². The van der Waals surface area contributed by atoms with Crippen molar-refractivity contribution in [3.05, 3.63) is 29.2 Å². The summed E-state index contributed by atoms with van der Waals surface area (Å²) in [6.45, 7) is 11.9. The highest BCUT2D eigenvalue weighted by molar-refractivity contribution is 5.47. The average Bonchev–Trinajstić information content (AvgIpc) is 3.20. The Labute approximate surface area is 154 Å². The van der Waals surface area contributed by atoms with Gasteiger partial charge in [-0.3, -0.25) is 9.80 Å². The smallest absolute Gasteiger partial charge is 0.159 e. The van der Waals surface area contributed by atoms with E-state index in [1.807, 2.05) is 17.6 Å². The highest BCUT2D eigenvalue weighted by atomic mass is 16.5. The number of nitrogens with zero attached hydrogens (tertiary/aromatic N) is 5. The van der Waals surface area contributed by atoms with Gasteiger partial charge in [-0.15, -0.1) is 0 Å². The lowest BCUT2D eigenvalue weighted by atomic mass is 9.96. The van der Waals surface area contributed by atoms with E-state index in [0.717, 1.165) is 69.5 Å². The van der Waals surface area contributed by atoms with Crippen LogP contribution >= 0.6 is 0 Å². The van der Waals surface area contributed by atoms with Crippen LogP contribution in [0, 0.1) is 25.7 Å². The molecular weight excluding hydrogens is 330 g/mol. The van der Waals surface area contributed by atoms with Gasteiger partial charge in [0.1, 0.15) is 0 Å². The van der Waals surface area contributed by atoms with E-state index in [1.54, 1.807) is 0 Å². The van der Waals surface area contributed by atoms with E-state index < -0.39 is 0 Å². The van der Waals surface area contributed by atoms with Crippen molar-refractivity contribution in [3.63, 3.8) is 0 Å². The van der Waals surface area contributed by atoms with E-state index in [2.05, 4.69) is 27.9 Å². The standard InChI is InChI=1S/C19H29N5O2/c1-14-7-15(2)24-19(21-14)16(8-20-24)9-23-11-17(18(12-23)13-25)10-22-3-5-26-6-4-22/h7-8,17-18,25H,3-6,9-13H2,1-2H3/t17-,18-/m1/s1. The summed E-state index contributed by atoms with van der Waals surface area (Å²) in [4.78, 5) is 9.62. The number of hydrogen-bond acceptors (Lipinski definition) is 6. The molecule has 2 atom stereocenters. The Morgan fingerprint density at radius 1 is 1.15 bits per heavy atom. The molecule has 1 N–H and O–H groups in total. The van der Waals surface area contributed by atoms with Crippen LogP contribution in [0.4, 0.5) is 0 Å². The predicted molar refractivity (Wildman–Crippen MR) is 99.1 cm³/mol. The number of aliphatic hydroxyl groups is 1. The topological polar surface area (TPSA) is 66.1 Å². The maximum absolute atomic E-state index is 9.86. The van der Waals surface area contributed by atoms with Crippen molar-refractivity contribution in [1.29, 1.82) is 0 Å². The molecule has 0 radical (unpaired) electrons. The summed E-state index contributed by atoms with van der Waals surface area (Å²) in [5.74, 6) is 0.854. The van der Waals surface area contributed by atoms with Crippen LogP contribution in [0.3, 0.4) is 0 Å². The fourth-order valence-electron chi connectivity index (χ4n) is 4.36. The molecule has 2 aromatic heterocycles. The average molecular weight is 359 g/mol. The van der Waals surface area contributed by atoms with E-state index in [0.29, 0.717) is 11.8 Å². The van der Waals surface area contributed by atoms with Crippen LogP contribution in [-0.4, -0.2) is 82.0 Å². The van der Waals surface area contributed by atoms with Gasteiger partial charge < -0.3 is 9.84 Å². The van der Waals surface area contributed by atoms with Crippen molar-refractivity contribution in [2.45, 2.75) is 20.4 Å². The van der Waals surface area contributed by atoms with Crippen molar-refractivity contribution < 1.29 is 9.84 Å². The van der Waals surface area contributed by atoms with Gasteiger partial charge in [0.25, 0.3) is 0 Å². The Kier molecular flexibility index (Phi) is 5.22. The van der Waals surface area contributed by atoms with E-state index in [1.165, 1.54) is 5.56 Å². The molecule has 2 aliphatic rings. The van der Waals surface area contributed by atoms with Gasteiger partial charge in [-0.05, 0) is 31.7 Å². The third kappa shape index (κ3) is 3.62. The first-order valence-electron chi connectivity index (χ1n) is 9.58. The van der Waals surface area contributed by atoms with Crippen LogP contribution in [-0.2, 0) is 11.3 Å². The summed E-state index contributed by atoms with van der Waals surface area (Å²) >= 11 is 0.